The van der Waals surface area contributed by atoms with E-state index in [4.69, 9.17) is 5.73 Å². The fraction of sp³-hybridized carbons (Fsp3) is 0.562. The van der Waals surface area contributed by atoms with Crippen molar-refractivity contribution in [2.75, 3.05) is 0 Å². The Balaban J connectivity index is 2.27. The Morgan fingerprint density at radius 3 is 3.00 bits per heavy atom. The summed E-state index contributed by atoms with van der Waals surface area (Å²) < 4.78 is 0. The Morgan fingerprint density at radius 2 is 2.32 bits per heavy atom. The third kappa shape index (κ3) is 3.35. The van der Waals surface area contributed by atoms with Gasteiger partial charge < -0.3 is 11.1 Å². The number of benzene rings is 1. The van der Waals surface area contributed by atoms with Crippen LogP contribution < -0.4 is 11.1 Å². The van der Waals surface area contributed by atoms with Gasteiger partial charge in [0.15, 0.2) is 0 Å². The molecule has 2 rings (SSSR count). The van der Waals surface area contributed by atoms with Crippen LogP contribution in [0.5, 0.6) is 0 Å². The number of aryl methyl sites for hydroxylation is 1. The van der Waals surface area contributed by atoms with Gasteiger partial charge in [-0.15, -0.1) is 0 Å². The molecule has 0 bridgehead atoms. The lowest BCUT2D eigenvalue weighted by molar-refractivity contribution is -0.119. The zero-order chi connectivity index (χ0) is 13.8. The van der Waals surface area contributed by atoms with Crippen LogP contribution in [0.4, 0.5) is 0 Å². The average Bonchev–Trinajstić information content (AvgIpc) is 2.38. The second-order valence-electron chi connectivity index (χ2n) is 5.50. The zero-order valence-corrected chi connectivity index (χ0v) is 11.9. The monoisotopic (exact) mass is 260 g/mol. The van der Waals surface area contributed by atoms with Crippen molar-refractivity contribution in [3.63, 3.8) is 0 Å². The lowest BCUT2D eigenvalue weighted by Crippen LogP contribution is -2.29. The molecule has 1 aromatic carbocycles. The van der Waals surface area contributed by atoms with E-state index in [0.717, 1.165) is 32.1 Å². The van der Waals surface area contributed by atoms with Gasteiger partial charge >= 0.3 is 0 Å². The van der Waals surface area contributed by atoms with E-state index >= 15 is 0 Å². The minimum atomic E-state index is 0.0427. The third-order valence-corrected chi connectivity index (χ3v) is 3.89. The fourth-order valence-corrected chi connectivity index (χ4v) is 2.92. The number of hydrogen-bond donors (Lipinski definition) is 2. The van der Waals surface area contributed by atoms with Gasteiger partial charge in [-0.2, -0.15) is 0 Å². The highest BCUT2D eigenvalue weighted by molar-refractivity contribution is 5.73. The largest absolute Gasteiger partial charge is 0.350 e. The van der Waals surface area contributed by atoms with Gasteiger partial charge in [0.1, 0.15) is 0 Å². The second kappa shape index (κ2) is 6.20. The number of fused-ring (bicyclic) bond motifs is 1. The topological polar surface area (TPSA) is 55.1 Å². The molecule has 0 spiro atoms. The molecule has 3 heteroatoms. The molecule has 1 amide bonds. The Labute approximate surface area is 115 Å². The van der Waals surface area contributed by atoms with Gasteiger partial charge in [0, 0.05) is 13.0 Å². The van der Waals surface area contributed by atoms with Gasteiger partial charge in [-0.3, -0.25) is 4.79 Å². The molecule has 2 unspecified atom stereocenters. The first-order valence-corrected chi connectivity index (χ1v) is 7.27. The summed E-state index contributed by atoms with van der Waals surface area (Å²) in [5.41, 5.74) is 10.0. The third-order valence-electron chi connectivity index (χ3n) is 3.89. The van der Waals surface area contributed by atoms with Crippen molar-refractivity contribution in [3.05, 3.63) is 34.9 Å². The van der Waals surface area contributed by atoms with Gasteiger partial charge in [0.2, 0.25) is 5.91 Å². The Morgan fingerprint density at radius 1 is 1.53 bits per heavy atom. The lowest BCUT2D eigenvalue weighted by atomic mass is 9.85. The van der Waals surface area contributed by atoms with E-state index in [9.17, 15) is 4.79 Å². The molecule has 0 aromatic heterocycles. The van der Waals surface area contributed by atoms with Crippen molar-refractivity contribution in [2.45, 2.75) is 58.0 Å². The van der Waals surface area contributed by atoms with Crippen LogP contribution >= 0.6 is 0 Å². The van der Waals surface area contributed by atoms with E-state index in [1.165, 1.54) is 16.7 Å². The summed E-state index contributed by atoms with van der Waals surface area (Å²) in [6.45, 7) is 3.74. The number of hydrogen-bond acceptors (Lipinski definition) is 2. The van der Waals surface area contributed by atoms with Gasteiger partial charge in [0.25, 0.3) is 0 Å². The molecule has 0 heterocycles. The molecule has 3 N–H and O–H groups in total. The van der Waals surface area contributed by atoms with Crippen molar-refractivity contribution in [3.8, 4) is 0 Å². The lowest BCUT2D eigenvalue weighted by Gasteiger charge is -2.27. The maximum atomic E-state index is 11.3. The minimum absolute atomic E-state index is 0.0427. The highest BCUT2D eigenvalue weighted by atomic mass is 16.1. The molecule has 0 aliphatic heterocycles. The number of nitrogens with two attached hydrogens (primary N) is 1. The smallest absolute Gasteiger partial charge is 0.217 e. The molecule has 0 saturated heterocycles. The first kappa shape index (κ1) is 14.1. The highest BCUT2D eigenvalue weighted by Gasteiger charge is 2.21. The van der Waals surface area contributed by atoms with Crippen LogP contribution in [0.15, 0.2) is 18.2 Å². The number of carbonyl (C=O) groups excluding carboxylic acids is 1. The molecule has 0 saturated carbocycles. The van der Waals surface area contributed by atoms with Crippen molar-refractivity contribution in [1.29, 1.82) is 0 Å². The molecule has 0 radical (unpaired) electrons. The maximum Gasteiger partial charge on any atom is 0.217 e. The van der Waals surface area contributed by atoms with E-state index in [-0.39, 0.29) is 18.0 Å². The molecular formula is C16H24N2O. The van der Waals surface area contributed by atoms with Crippen molar-refractivity contribution >= 4 is 5.91 Å². The van der Waals surface area contributed by atoms with E-state index < -0.39 is 0 Å². The number of carbonyl (C=O) groups is 1. The highest BCUT2D eigenvalue weighted by Crippen LogP contribution is 2.32. The van der Waals surface area contributed by atoms with Crippen LogP contribution in [0.3, 0.4) is 0 Å². The van der Waals surface area contributed by atoms with Crippen molar-refractivity contribution < 1.29 is 4.79 Å². The molecular weight excluding hydrogens is 236 g/mol. The second-order valence-corrected chi connectivity index (χ2v) is 5.50. The van der Waals surface area contributed by atoms with E-state index in [2.05, 4.69) is 30.4 Å². The minimum Gasteiger partial charge on any atom is -0.350 e. The predicted molar refractivity (Wildman–Crippen MR) is 77.8 cm³/mol. The Bertz CT molecular complexity index is 456. The molecule has 1 aliphatic carbocycles. The van der Waals surface area contributed by atoms with E-state index in [0.29, 0.717) is 0 Å². The standard InChI is InChI=1S/C16H24N2O/c1-3-5-15(17)13-9-8-12-6-4-7-16(14(12)10-13)18-11(2)19/h8-10,15-16H,3-7,17H2,1-2H3,(H,18,19). The molecule has 2 atom stereocenters. The van der Waals surface area contributed by atoms with Crippen molar-refractivity contribution in [2.24, 2.45) is 5.73 Å². The Hall–Kier alpha value is -1.35. The molecule has 3 nitrogen and oxygen atoms in total. The number of rotatable bonds is 4. The Kier molecular flexibility index (Phi) is 4.59. The summed E-state index contributed by atoms with van der Waals surface area (Å²) in [4.78, 5) is 11.3. The average molecular weight is 260 g/mol. The molecule has 1 aliphatic rings. The summed E-state index contributed by atoms with van der Waals surface area (Å²) >= 11 is 0. The fourth-order valence-electron chi connectivity index (χ4n) is 2.92. The van der Waals surface area contributed by atoms with Gasteiger partial charge in [-0.25, -0.2) is 0 Å². The quantitative estimate of drug-likeness (QED) is 0.874. The summed E-state index contributed by atoms with van der Waals surface area (Å²) in [7, 11) is 0. The molecule has 0 fully saturated rings. The summed E-state index contributed by atoms with van der Waals surface area (Å²) in [5, 5.41) is 3.06. The normalized spacial score (nSPS) is 19.6. The van der Waals surface area contributed by atoms with E-state index in [1.54, 1.807) is 6.92 Å². The molecule has 19 heavy (non-hydrogen) atoms. The predicted octanol–water partition coefficient (Wildman–Crippen LogP) is 3.00. The maximum absolute atomic E-state index is 11.3. The number of nitrogens with one attached hydrogen (secondary N) is 1. The van der Waals surface area contributed by atoms with Crippen LogP contribution in [-0.2, 0) is 11.2 Å². The van der Waals surface area contributed by atoms with Gasteiger partial charge in [0.05, 0.1) is 6.04 Å². The van der Waals surface area contributed by atoms with Crippen molar-refractivity contribution in [1.82, 2.24) is 5.32 Å². The summed E-state index contributed by atoms with van der Waals surface area (Å²) in [6.07, 6.45) is 5.36. The van der Waals surface area contributed by atoms with Crippen LogP contribution in [0.25, 0.3) is 0 Å². The summed E-state index contributed by atoms with van der Waals surface area (Å²) in [5.74, 6) is 0.0427. The van der Waals surface area contributed by atoms with Crippen LogP contribution in [0, 0.1) is 0 Å². The van der Waals surface area contributed by atoms with Gasteiger partial charge in [-0.1, -0.05) is 31.5 Å². The van der Waals surface area contributed by atoms with Crippen LogP contribution in [0.1, 0.15) is 68.3 Å². The SMILES string of the molecule is CCCC(N)c1ccc2c(c1)C(NC(C)=O)CCC2. The summed E-state index contributed by atoms with van der Waals surface area (Å²) in [6, 6.07) is 6.81. The van der Waals surface area contributed by atoms with Gasteiger partial charge in [-0.05, 0) is 42.4 Å². The first-order chi connectivity index (χ1) is 9.11. The van der Waals surface area contributed by atoms with E-state index in [1.807, 2.05) is 0 Å². The van der Waals surface area contributed by atoms with Crippen LogP contribution in [-0.4, -0.2) is 5.91 Å². The molecule has 1 aromatic rings. The zero-order valence-electron chi connectivity index (χ0n) is 11.9. The first-order valence-electron chi connectivity index (χ1n) is 7.27. The van der Waals surface area contributed by atoms with Crippen LogP contribution in [0.2, 0.25) is 0 Å². The molecule has 104 valence electrons. The number of amides is 1.